The van der Waals surface area contributed by atoms with Gasteiger partial charge < -0.3 is 4.57 Å². The van der Waals surface area contributed by atoms with Crippen LogP contribution in [0.25, 0.3) is 0 Å². The molecule has 0 fully saturated rings. The van der Waals surface area contributed by atoms with Gasteiger partial charge in [0.05, 0.1) is 6.33 Å². The molecule has 0 aliphatic heterocycles. The molecule has 1 aromatic heterocycles. The Morgan fingerprint density at radius 1 is 1.22 bits per heavy atom. The Morgan fingerprint density at radius 2 is 1.94 bits per heavy atom. The Morgan fingerprint density at radius 3 is 2.50 bits per heavy atom. The number of benzene rings is 1. The molecule has 5 nitrogen and oxygen atoms in total. The quantitative estimate of drug-likeness (QED) is 0.921. The van der Waals surface area contributed by atoms with Crippen LogP contribution >= 0.6 is 0 Å². The fourth-order valence-corrected chi connectivity index (χ4v) is 2.57. The third-order valence-electron chi connectivity index (χ3n) is 2.72. The molecule has 0 saturated carbocycles. The second-order valence-corrected chi connectivity index (χ2v) is 5.91. The molecule has 1 N–H and O–H groups in total. The summed E-state index contributed by atoms with van der Waals surface area (Å²) < 4.78 is 28.2. The maximum Gasteiger partial charge on any atom is 0.280 e. The van der Waals surface area contributed by atoms with E-state index in [0.717, 1.165) is 11.1 Å². The summed E-state index contributed by atoms with van der Waals surface area (Å²) in [6.45, 7) is 3.92. The molecule has 96 valence electrons. The first-order valence-electron chi connectivity index (χ1n) is 5.46. The van der Waals surface area contributed by atoms with Gasteiger partial charge in [0.25, 0.3) is 10.0 Å². The van der Waals surface area contributed by atoms with Crippen molar-refractivity contribution in [3.8, 4) is 0 Å². The number of rotatable bonds is 3. The molecule has 0 spiro atoms. The molecule has 1 aromatic carbocycles. The first-order chi connectivity index (χ1) is 8.38. The van der Waals surface area contributed by atoms with Crippen molar-refractivity contribution in [2.24, 2.45) is 7.05 Å². The average Bonchev–Trinajstić information content (AvgIpc) is 2.71. The second kappa shape index (κ2) is 4.45. The number of hydrogen-bond donors (Lipinski definition) is 1. The lowest BCUT2D eigenvalue weighted by atomic mass is 10.1. The summed E-state index contributed by atoms with van der Waals surface area (Å²) >= 11 is 0. The predicted molar refractivity (Wildman–Crippen MR) is 69.9 cm³/mol. The highest BCUT2D eigenvalue weighted by atomic mass is 32.2. The van der Waals surface area contributed by atoms with E-state index in [9.17, 15) is 8.42 Å². The summed E-state index contributed by atoms with van der Waals surface area (Å²) in [5.41, 5.74) is 2.70. The maximum absolute atomic E-state index is 12.0. The Labute approximate surface area is 107 Å². The number of nitrogens with zero attached hydrogens (tertiary/aromatic N) is 2. The zero-order valence-corrected chi connectivity index (χ0v) is 11.3. The minimum Gasteiger partial charge on any atom is -0.339 e. The van der Waals surface area contributed by atoms with Crippen molar-refractivity contribution < 1.29 is 8.42 Å². The summed E-state index contributed by atoms with van der Waals surface area (Å²) in [6.07, 6.45) is 2.92. The van der Waals surface area contributed by atoms with Crippen LogP contribution in [0.1, 0.15) is 11.1 Å². The molecule has 0 saturated heterocycles. The van der Waals surface area contributed by atoms with Gasteiger partial charge in [-0.3, -0.25) is 4.72 Å². The molecule has 0 bridgehead atoms. The third kappa shape index (κ3) is 2.53. The highest BCUT2D eigenvalue weighted by molar-refractivity contribution is 7.92. The fourth-order valence-electron chi connectivity index (χ4n) is 1.54. The van der Waals surface area contributed by atoms with E-state index in [1.54, 1.807) is 23.7 Å². The number of hydrogen-bond acceptors (Lipinski definition) is 3. The molecule has 0 radical (unpaired) electrons. The summed E-state index contributed by atoms with van der Waals surface area (Å²) in [6, 6.07) is 5.42. The van der Waals surface area contributed by atoms with E-state index in [2.05, 4.69) is 9.71 Å². The summed E-state index contributed by atoms with van der Waals surface area (Å²) in [5.74, 6) is 0. The summed E-state index contributed by atoms with van der Waals surface area (Å²) in [7, 11) is -1.88. The van der Waals surface area contributed by atoms with Gasteiger partial charge >= 0.3 is 0 Å². The zero-order valence-electron chi connectivity index (χ0n) is 10.5. The minimum absolute atomic E-state index is 0.0169. The lowest BCUT2D eigenvalue weighted by molar-refractivity contribution is 0.598. The number of nitrogens with one attached hydrogen (secondary N) is 1. The lowest BCUT2D eigenvalue weighted by Crippen LogP contribution is -2.13. The van der Waals surface area contributed by atoms with Crippen LogP contribution in [0, 0.1) is 13.8 Å². The average molecular weight is 265 g/mol. The van der Waals surface area contributed by atoms with Crippen molar-refractivity contribution in [2.75, 3.05) is 4.72 Å². The molecule has 0 atom stereocenters. The van der Waals surface area contributed by atoms with Gasteiger partial charge in [-0.2, -0.15) is 8.42 Å². The molecular formula is C12H15N3O2S. The van der Waals surface area contributed by atoms with Crippen LogP contribution < -0.4 is 4.72 Å². The predicted octanol–water partition coefficient (Wildman–Crippen LogP) is 1.84. The van der Waals surface area contributed by atoms with Gasteiger partial charge in [0, 0.05) is 18.9 Å². The van der Waals surface area contributed by atoms with Crippen LogP contribution in [0.5, 0.6) is 0 Å². The largest absolute Gasteiger partial charge is 0.339 e. The first kappa shape index (κ1) is 12.6. The van der Waals surface area contributed by atoms with Gasteiger partial charge in [-0.05, 0) is 37.1 Å². The normalized spacial score (nSPS) is 11.5. The van der Waals surface area contributed by atoms with Crippen LogP contribution in [0.3, 0.4) is 0 Å². The molecule has 0 unspecified atom stereocenters. The highest BCUT2D eigenvalue weighted by Crippen LogP contribution is 2.17. The first-order valence-corrected chi connectivity index (χ1v) is 6.95. The Bertz CT molecular complexity index is 674. The number of aryl methyl sites for hydroxylation is 3. The zero-order chi connectivity index (χ0) is 13.3. The maximum atomic E-state index is 12.0. The minimum atomic E-state index is -3.60. The molecule has 18 heavy (non-hydrogen) atoms. The van der Waals surface area contributed by atoms with Crippen LogP contribution in [0.4, 0.5) is 5.69 Å². The SMILES string of the molecule is Cc1ccc(NS(=O)(=O)c2cn(C)cn2)cc1C. The van der Waals surface area contributed by atoms with E-state index >= 15 is 0 Å². The van der Waals surface area contributed by atoms with Crippen LogP contribution in [-0.4, -0.2) is 18.0 Å². The van der Waals surface area contributed by atoms with Crippen molar-refractivity contribution in [1.29, 1.82) is 0 Å². The van der Waals surface area contributed by atoms with E-state index in [4.69, 9.17) is 0 Å². The number of anilines is 1. The second-order valence-electron chi connectivity index (χ2n) is 4.28. The molecule has 0 aliphatic carbocycles. The van der Waals surface area contributed by atoms with Gasteiger partial charge in [0.2, 0.25) is 0 Å². The van der Waals surface area contributed by atoms with Gasteiger partial charge in [-0.25, -0.2) is 4.98 Å². The topological polar surface area (TPSA) is 64.0 Å². The number of sulfonamides is 1. The molecule has 1 heterocycles. The van der Waals surface area contributed by atoms with E-state index in [1.165, 1.54) is 12.5 Å². The fraction of sp³-hybridized carbons (Fsp3) is 0.250. The van der Waals surface area contributed by atoms with Crippen LogP contribution in [0.15, 0.2) is 35.7 Å². The highest BCUT2D eigenvalue weighted by Gasteiger charge is 2.17. The monoisotopic (exact) mass is 265 g/mol. The van der Waals surface area contributed by atoms with Crippen molar-refractivity contribution in [1.82, 2.24) is 9.55 Å². The Balaban J connectivity index is 2.30. The van der Waals surface area contributed by atoms with Crippen LogP contribution in [0.2, 0.25) is 0 Å². The summed E-state index contributed by atoms with van der Waals surface area (Å²) in [4.78, 5) is 3.84. The Kier molecular flexibility index (Phi) is 3.13. The van der Waals surface area contributed by atoms with Gasteiger partial charge in [0.15, 0.2) is 5.03 Å². The van der Waals surface area contributed by atoms with Crippen LogP contribution in [-0.2, 0) is 17.1 Å². The van der Waals surface area contributed by atoms with Crippen molar-refractivity contribution in [3.05, 3.63) is 41.9 Å². The Hall–Kier alpha value is -1.82. The molecule has 0 amide bonds. The van der Waals surface area contributed by atoms with Crippen molar-refractivity contribution in [3.63, 3.8) is 0 Å². The van der Waals surface area contributed by atoms with Gasteiger partial charge in [-0.1, -0.05) is 6.07 Å². The lowest BCUT2D eigenvalue weighted by Gasteiger charge is -2.07. The molecular weight excluding hydrogens is 250 g/mol. The van der Waals surface area contributed by atoms with E-state index in [1.807, 2.05) is 19.9 Å². The molecule has 2 rings (SSSR count). The third-order valence-corrected chi connectivity index (χ3v) is 3.98. The number of aromatic nitrogens is 2. The summed E-state index contributed by atoms with van der Waals surface area (Å²) in [5, 5.41) is 0.0169. The smallest absolute Gasteiger partial charge is 0.280 e. The van der Waals surface area contributed by atoms with Gasteiger partial charge in [0.1, 0.15) is 0 Å². The van der Waals surface area contributed by atoms with E-state index < -0.39 is 10.0 Å². The number of imidazole rings is 1. The van der Waals surface area contributed by atoms with E-state index in [-0.39, 0.29) is 5.03 Å². The molecule has 2 aromatic rings. The molecule has 0 aliphatic rings. The standard InChI is InChI=1S/C12H15N3O2S/c1-9-4-5-11(6-10(9)2)14-18(16,17)12-7-15(3)8-13-12/h4-8,14H,1-3H3. The van der Waals surface area contributed by atoms with Gasteiger partial charge in [-0.15, -0.1) is 0 Å². The van der Waals surface area contributed by atoms with E-state index in [0.29, 0.717) is 5.69 Å². The van der Waals surface area contributed by atoms with Crippen molar-refractivity contribution in [2.45, 2.75) is 18.9 Å². The molecule has 6 heteroatoms. The van der Waals surface area contributed by atoms with Crippen molar-refractivity contribution >= 4 is 15.7 Å².